The summed E-state index contributed by atoms with van der Waals surface area (Å²) in [5.74, 6) is -0.484. The molecule has 6 nitrogen and oxygen atoms in total. The Morgan fingerprint density at radius 3 is 2.65 bits per heavy atom. The maximum atomic E-state index is 12.0. The molecule has 0 spiro atoms. The molecule has 0 aliphatic heterocycles. The smallest absolute Gasteiger partial charge is 0.349 e. The van der Waals surface area contributed by atoms with Gasteiger partial charge in [0.05, 0.1) is 0 Å². The molecule has 2 aromatic rings. The molecule has 0 saturated carbocycles. The van der Waals surface area contributed by atoms with Crippen LogP contribution in [0.2, 0.25) is 0 Å². The third-order valence-electron chi connectivity index (χ3n) is 3.71. The van der Waals surface area contributed by atoms with Crippen LogP contribution in [-0.2, 0) is 0 Å². The Kier molecular flexibility index (Phi) is 5.76. The lowest BCUT2D eigenvalue weighted by molar-refractivity contribution is 0.0947. The highest BCUT2D eigenvalue weighted by Gasteiger charge is 2.14. The fourth-order valence-electron chi connectivity index (χ4n) is 2.42. The Morgan fingerprint density at radius 2 is 2.00 bits per heavy atom. The number of nitrogens with zero attached hydrogens (tertiary/aromatic N) is 1. The fourth-order valence-corrected chi connectivity index (χ4v) is 2.42. The molecule has 23 heavy (non-hydrogen) atoms. The number of hydrogen-bond donors (Lipinski definition) is 2. The minimum Gasteiger partial charge on any atom is -0.422 e. The van der Waals surface area contributed by atoms with Gasteiger partial charge < -0.3 is 19.7 Å². The number of anilines is 1. The van der Waals surface area contributed by atoms with Crippen LogP contribution >= 0.6 is 0 Å². The molecule has 2 N–H and O–H groups in total. The van der Waals surface area contributed by atoms with Crippen molar-refractivity contribution in [3.8, 4) is 0 Å². The van der Waals surface area contributed by atoms with Crippen molar-refractivity contribution < 1.29 is 14.3 Å². The van der Waals surface area contributed by atoms with Crippen LogP contribution < -0.4 is 15.8 Å². The monoisotopic (exact) mass is 318 g/mol. The molecule has 0 aliphatic carbocycles. The molecule has 1 heterocycles. The number of aliphatic hydroxyl groups excluding tert-OH is 1. The molecule has 0 fully saturated rings. The van der Waals surface area contributed by atoms with Gasteiger partial charge in [-0.3, -0.25) is 4.79 Å². The first-order chi connectivity index (χ1) is 11.1. The average Bonchev–Trinajstić information content (AvgIpc) is 2.55. The van der Waals surface area contributed by atoms with E-state index in [-0.39, 0.29) is 12.2 Å². The van der Waals surface area contributed by atoms with Gasteiger partial charge in [0, 0.05) is 43.4 Å². The molecule has 0 radical (unpaired) electrons. The number of nitrogens with one attached hydrogen (secondary N) is 1. The first-order valence-electron chi connectivity index (χ1n) is 7.82. The van der Waals surface area contributed by atoms with Gasteiger partial charge in [0.25, 0.3) is 5.91 Å². The summed E-state index contributed by atoms with van der Waals surface area (Å²) in [6.45, 7) is 6.14. The average molecular weight is 318 g/mol. The van der Waals surface area contributed by atoms with Gasteiger partial charge in [0.1, 0.15) is 11.1 Å². The Bertz CT molecular complexity index is 735. The summed E-state index contributed by atoms with van der Waals surface area (Å²) >= 11 is 0. The molecule has 0 unspecified atom stereocenters. The normalized spacial score (nSPS) is 10.7. The number of aliphatic hydroxyl groups is 1. The molecule has 2 rings (SSSR count). The summed E-state index contributed by atoms with van der Waals surface area (Å²) in [5, 5.41) is 12.0. The predicted molar refractivity (Wildman–Crippen MR) is 90.1 cm³/mol. The SMILES string of the molecule is CCN(CC)c1ccc2cc(C(=O)NCCCO)c(=O)oc2c1. The van der Waals surface area contributed by atoms with Crippen LogP contribution in [-0.4, -0.2) is 37.3 Å². The summed E-state index contributed by atoms with van der Waals surface area (Å²) in [6, 6.07) is 7.15. The summed E-state index contributed by atoms with van der Waals surface area (Å²) in [7, 11) is 0. The van der Waals surface area contributed by atoms with E-state index in [1.165, 1.54) is 0 Å². The Hall–Kier alpha value is -2.34. The zero-order valence-corrected chi connectivity index (χ0v) is 13.5. The van der Waals surface area contributed by atoms with Crippen LogP contribution in [0.15, 0.2) is 33.5 Å². The van der Waals surface area contributed by atoms with Crippen molar-refractivity contribution in [1.29, 1.82) is 0 Å². The van der Waals surface area contributed by atoms with Gasteiger partial charge in [-0.05, 0) is 38.5 Å². The lowest BCUT2D eigenvalue weighted by Crippen LogP contribution is -2.29. The second-order valence-electron chi connectivity index (χ2n) is 5.18. The van der Waals surface area contributed by atoms with Crippen molar-refractivity contribution in [2.45, 2.75) is 20.3 Å². The summed E-state index contributed by atoms with van der Waals surface area (Å²) in [6.07, 6.45) is 0.442. The Morgan fingerprint density at radius 1 is 1.26 bits per heavy atom. The van der Waals surface area contributed by atoms with E-state index in [9.17, 15) is 9.59 Å². The van der Waals surface area contributed by atoms with E-state index in [2.05, 4.69) is 24.1 Å². The first kappa shape index (κ1) is 17.0. The van der Waals surface area contributed by atoms with Crippen molar-refractivity contribution in [2.24, 2.45) is 0 Å². The van der Waals surface area contributed by atoms with Crippen molar-refractivity contribution in [1.82, 2.24) is 5.32 Å². The minimum atomic E-state index is -0.657. The molecule has 0 bridgehead atoms. The van der Waals surface area contributed by atoms with Gasteiger partial charge >= 0.3 is 5.63 Å². The molecular formula is C17H22N2O4. The quantitative estimate of drug-likeness (QED) is 0.600. The van der Waals surface area contributed by atoms with Crippen LogP contribution in [0.4, 0.5) is 5.69 Å². The molecule has 124 valence electrons. The predicted octanol–water partition coefficient (Wildman–Crippen LogP) is 1.75. The Labute approximate surface area is 134 Å². The molecule has 1 amide bonds. The molecule has 0 saturated heterocycles. The number of rotatable bonds is 7. The molecule has 0 atom stereocenters. The van der Waals surface area contributed by atoms with Crippen molar-refractivity contribution in [3.05, 3.63) is 40.2 Å². The zero-order valence-electron chi connectivity index (χ0n) is 13.5. The van der Waals surface area contributed by atoms with Crippen molar-refractivity contribution in [3.63, 3.8) is 0 Å². The lowest BCUT2D eigenvalue weighted by atomic mass is 10.1. The number of benzene rings is 1. The van der Waals surface area contributed by atoms with E-state index in [1.807, 2.05) is 18.2 Å². The van der Waals surface area contributed by atoms with Crippen LogP contribution in [0.3, 0.4) is 0 Å². The van der Waals surface area contributed by atoms with Gasteiger partial charge in [0.15, 0.2) is 0 Å². The minimum absolute atomic E-state index is 0.0132. The first-order valence-corrected chi connectivity index (χ1v) is 7.82. The number of amides is 1. The number of carbonyl (C=O) groups is 1. The summed E-state index contributed by atoms with van der Waals surface area (Å²) < 4.78 is 5.31. The van der Waals surface area contributed by atoms with Crippen LogP contribution in [0.5, 0.6) is 0 Å². The molecule has 1 aromatic heterocycles. The third kappa shape index (κ3) is 3.90. The van der Waals surface area contributed by atoms with E-state index in [1.54, 1.807) is 6.07 Å². The highest BCUT2D eigenvalue weighted by molar-refractivity contribution is 5.96. The second kappa shape index (κ2) is 7.78. The second-order valence-corrected chi connectivity index (χ2v) is 5.18. The largest absolute Gasteiger partial charge is 0.422 e. The number of fused-ring (bicyclic) bond motifs is 1. The summed E-state index contributed by atoms with van der Waals surface area (Å²) in [4.78, 5) is 26.2. The standard InChI is InChI=1S/C17H22N2O4/c1-3-19(4-2)13-7-6-12-10-14(16(21)18-8-5-9-20)17(22)23-15(12)11-13/h6-7,10-11,20H,3-5,8-9H2,1-2H3,(H,18,21). The van der Waals surface area contributed by atoms with Crippen molar-refractivity contribution in [2.75, 3.05) is 31.1 Å². The van der Waals surface area contributed by atoms with E-state index in [4.69, 9.17) is 9.52 Å². The van der Waals surface area contributed by atoms with E-state index >= 15 is 0 Å². The number of carbonyl (C=O) groups excluding carboxylic acids is 1. The fraction of sp³-hybridized carbons (Fsp3) is 0.412. The molecule has 0 aliphatic rings. The number of hydrogen-bond acceptors (Lipinski definition) is 5. The highest BCUT2D eigenvalue weighted by Crippen LogP contribution is 2.21. The zero-order chi connectivity index (χ0) is 16.8. The summed E-state index contributed by atoms with van der Waals surface area (Å²) in [5.41, 5.74) is 0.763. The maximum Gasteiger partial charge on any atom is 0.349 e. The lowest BCUT2D eigenvalue weighted by Gasteiger charge is -2.20. The van der Waals surface area contributed by atoms with E-state index in [0.717, 1.165) is 18.8 Å². The van der Waals surface area contributed by atoms with Crippen LogP contribution in [0.25, 0.3) is 11.0 Å². The molecular weight excluding hydrogens is 296 g/mol. The van der Waals surface area contributed by atoms with Gasteiger partial charge in [0.2, 0.25) is 0 Å². The van der Waals surface area contributed by atoms with E-state index in [0.29, 0.717) is 23.9 Å². The topological polar surface area (TPSA) is 82.8 Å². The van der Waals surface area contributed by atoms with Crippen molar-refractivity contribution >= 4 is 22.6 Å². The highest BCUT2D eigenvalue weighted by atomic mass is 16.4. The van der Waals surface area contributed by atoms with Gasteiger partial charge in [-0.25, -0.2) is 4.79 Å². The Balaban J connectivity index is 2.33. The molecule has 1 aromatic carbocycles. The molecule has 6 heteroatoms. The van der Waals surface area contributed by atoms with Crippen LogP contribution in [0, 0.1) is 0 Å². The van der Waals surface area contributed by atoms with Gasteiger partial charge in [-0.2, -0.15) is 0 Å². The van der Waals surface area contributed by atoms with Crippen LogP contribution in [0.1, 0.15) is 30.6 Å². The van der Waals surface area contributed by atoms with Gasteiger partial charge in [-0.1, -0.05) is 0 Å². The third-order valence-corrected chi connectivity index (χ3v) is 3.71. The maximum absolute atomic E-state index is 12.0. The van der Waals surface area contributed by atoms with Gasteiger partial charge in [-0.15, -0.1) is 0 Å². The van der Waals surface area contributed by atoms with E-state index < -0.39 is 11.5 Å².